The predicted octanol–water partition coefficient (Wildman–Crippen LogP) is 0.388. The zero-order chi connectivity index (χ0) is 16.0. The number of nitrogens with zero attached hydrogens (tertiary/aromatic N) is 4. The van der Waals surface area contributed by atoms with Gasteiger partial charge in [-0.3, -0.25) is 5.10 Å². The molecule has 1 aliphatic heterocycles. The molecule has 0 radical (unpaired) electrons. The van der Waals surface area contributed by atoms with Crippen molar-refractivity contribution in [3.63, 3.8) is 0 Å². The van der Waals surface area contributed by atoms with Gasteiger partial charge in [0.15, 0.2) is 5.03 Å². The van der Waals surface area contributed by atoms with E-state index < -0.39 is 15.6 Å². The molecule has 0 bridgehead atoms. The Morgan fingerprint density at radius 2 is 2.23 bits per heavy atom. The molecule has 0 unspecified atom stereocenters. The Morgan fingerprint density at radius 3 is 2.82 bits per heavy atom. The van der Waals surface area contributed by atoms with E-state index in [9.17, 15) is 8.42 Å². The summed E-state index contributed by atoms with van der Waals surface area (Å²) in [6, 6.07) is 0. The average Bonchev–Trinajstić information content (AvgIpc) is 3.08. The fraction of sp³-hybridized carbons (Fsp3) is 0.538. The molecule has 0 aliphatic carbocycles. The van der Waals surface area contributed by atoms with E-state index in [2.05, 4.69) is 15.2 Å². The van der Waals surface area contributed by atoms with Crippen LogP contribution in [0, 0.1) is 6.92 Å². The molecular formula is C13H19N5O3S. The molecule has 3 heterocycles. The molecule has 9 heteroatoms. The number of H-pyrrole nitrogens is 1. The Hall–Kier alpha value is -1.71. The minimum Gasteiger partial charge on any atom is -0.366 e. The molecule has 1 atom stereocenters. The summed E-state index contributed by atoms with van der Waals surface area (Å²) in [5, 5.41) is 6.97. The Bertz CT molecular complexity index is 781. The third kappa shape index (κ3) is 2.44. The average molecular weight is 325 g/mol. The van der Waals surface area contributed by atoms with Crippen molar-refractivity contribution in [2.45, 2.75) is 24.5 Å². The van der Waals surface area contributed by atoms with E-state index in [1.807, 2.05) is 13.8 Å². The summed E-state index contributed by atoms with van der Waals surface area (Å²) in [5.74, 6) is 0. The molecular weight excluding hydrogens is 306 g/mol. The standard InChI is InChI=1S/C13H19N5O3S/c1-10-6-15-16-12(10)13(2)8-18(4-5-21-13)22(19,20)11-7-17(3)9-14-11/h6-7,9H,4-5,8H2,1-3H3,(H,15,16)/t13-/m1/s1. The summed E-state index contributed by atoms with van der Waals surface area (Å²) >= 11 is 0. The molecule has 1 saturated heterocycles. The van der Waals surface area contributed by atoms with Gasteiger partial charge in [0.2, 0.25) is 0 Å². The van der Waals surface area contributed by atoms with Gasteiger partial charge in [-0.2, -0.15) is 9.40 Å². The van der Waals surface area contributed by atoms with Crippen LogP contribution in [0.4, 0.5) is 0 Å². The van der Waals surface area contributed by atoms with Crippen molar-refractivity contribution in [2.75, 3.05) is 19.7 Å². The van der Waals surface area contributed by atoms with Crippen LogP contribution in [0.2, 0.25) is 0 Å². The Kier molecular flexibility index (Phi) is 3.58. The van der Waals surface area contributed by atoms with Crippen LogP contribution >= 0.6 is 0 Å². The predicted molar refractivity (Wildman–Crippen MR) is 78.6 cm³/mol. The number of ether oxygens (including phenoxy) is 1. The second-order valence-corrected chi connectivity index (χ2v) is 7.61. The zero-order valence-electron chi connectivity index (χ0n) is 12.8. The van der Waals surface area contributed by atoms with Crippen molar-refractivity contribution in [2.24, 2.45) is 7.05 Å². The van der Waals surface area contributed by atoms with Gasteiger partial charge in [0.05, 0.1) is 24.8 Å². The summed E-state index contributed by atoms with van der Waals surface area (Å²) in [5.41, 5.74) is 0.994. The smallest absolute Gasteiger partial charge is 0.262 e. The summed E-state index contributed by atoms with van der Waals surface area (Å²) in [7, 11) is -1.89. The second kappa shape index (κ2) is 5.18. The van der Waals surface area contributed by atoms with E-state index in [0.29, 0.717) is 13.2 Å². The van der Waals surface area contributed by atoms with Crippen molar-refractivity contribution in [1.29, 1.82) is 0 Å². The highest BCUT2D eigenvalue weighted by Crippen LogP contribution is 2.32. The second-order valence-electron chi connectivity index (χ2n) is 5.72. The molecule has 1 N–H and O–H groups in total. The van der Waals surface area contributed by atoms with Crippen molar-refractivity contribution in [3.8, 4) is 0 Å². The topological polar surface area (TPSA) is 93.1 Å². The molecule has 8 nitrogen and oxygen atoms in total. The minimum atomic E-state index is -3.63. The monoisotopic (exact) mass is 325 g/mol. The van der Waals surface area contributed by atoms with Gasteiger partial charge >= 0.3 is 0 Å². The van der Waals surface area contributed by atoms with Crippen LogP contribution < -0.4 is 0 Å². The highest BCUT2D eigenvalue weighted by atomic mass is 32.2. The molecule has 22 heavy (non-hydrogen) atoms. The normalized spacial score (nSPS) is 23.8. The van der Waals surface area contributed by atoms with Crippen LogP contribution in [0.5, 0.6) is 0 Å². The van der Waals surface area contributed by atoms with Crippen LogP contribution in [0.3, 0.4) is 0 Å². The van der Waals surface area contributed by atoms with Crippen molar-refractivity contribution in [1.82, 2.24) is 24.1 Å². The molecule has 1 fully saturated rings. The number of sulfonamides is 1. The lowest BCUT2D eigenvalue weighted by molar-refractivity contribution is -0.0850. The van der Waals surface area contributed by atoms with E-state index in [4.69, 9.17) is 4.74 Å². The Balaban J connectivity index is 1.92. The summed E-state index contributed by atoms with van der Waals surface area (Å²) < 4.78 is 34.3. The fourth-order valence-corrected chi connectivity index (χ4v) is 4.20. The third-order valence-electron chi connectivity index (χ3n) is 3.88. The van der Waals surface area contributed by atoms with Crippen molar-refractivity contribution in [3.05, 3.63) is 30.0 Å². The quantitative estimate of drug-likeness (QED) is 0.881. The molecule has 1 aliphatic rings. The van der Waals surface area contributed by atoms with E-state index in [0.717, 1.165) is 11.3 Å². The van der Waals surface area contributed by atoms with E-state index in [1.165, 1.54) is 16.8 Å². The fourth-order valence-electron chi connectivity index (χ4n) is 2.73. The lowest BCUT2D eigenvalue weighted by Gasteiger charge is -2.39. The van der Waals surface area contributed by atoms with Gasteiger partial charge in [-0.05, 0) is 19.4 Å². The highest BCUT2D eigenvalue weighted by Gasteiger charge is 2.41. The molecule has 0 saturated carbocycles. The van der Waals surface area contributed by atoms with Crippen LogP contribution in [0.25, 0.3) is 0 Å². The first-order valence-electron chi connectivity index (χ1n) is 6.95. The number of hydrogen-bond donors (Lipinski definition) is 1. The van der Waals surface area contributed by atoms with Crippen molar-refractivity contribution < 1.29 is 13.2 Å². The van der Waals surface area contributed by atoms with Gasteiger partial charge in [0.25, 0.3) is 10.0 Å². The lowest BCUT2D eigenvalue weighted by Crippen LogP contribution is -2.50. The first kappa shape index (κ1) is 15.2. The first-order chi connectivity index (χ1) is 10.3. The molecule has 0 aromatic carbocycles. The van der Waals surface area contributed by atoms with E-state index in [1.54, 1.807) is 17.8 Å². The molecule has 2 aromatic heterocycles. The largest absolute Gasteiger partial charge is 0.366 e. The van der Waals surface area contributed by atoms with Crippen LogP contribution in [-0.4, -0.2) is 52.2 Å². The van der Waals surface area contributed by atoms with Crippen molar-refractivity contribution >= 4 is 10.0 Å². The molecule has 120 valence electrons. The van der Waals surface area contributed by atoms with Gasteiger partial charge in [-0.15, -0.1) is 0 Å². The number of morpholine rings is 1. The van der Waals surface area contributed by atoms with Gasteiger partial charge in [0.1, 0.15) is 5.60 Å². The number of imidazole rings is 1. The number of rotatable bonds is 3. The van der Waals surface area contributed by atoms with Crippen LogP contribution in [0.15, 0.2) is 23.7 Å². The molecule has 3 rings (SSSR count). The lowest BCUT2D eigenvalue weighted by atomic mass is 9.98. The maximum Gasteiger partial charge on any atom is 0.262 e. The van der Waals surface area contributed by atoms with Gasteiger partial charge in [0, 0.05) is 26.3 Å². The maximum absolute atomic E-state index is 12.7. The number of nitrogens with one attached hydrogen (secondary N) is 1. The summed E-state index contributed by atoms with van der Waals surface area (Å²) in [4.78, 5) is 3.96. The highest BCUT2D eigenvalue weighted by molar-refractivity contribution is 7.89. The number of aryl methyl sites for hydroxylation is 2. The summed E-state index contributed by atoms with van der Waals surface area (Å²) in [6.45, 7) is 4.63. The molecule has 2 aromatic rings. The van der Waals surface area contributed by atoms with Gasteiger partial charge < -0.3 is 9.30 Å². The van der Waals surface area contributed by atoms with E-state index >= 15 is 0 Å². The first-order valence-corrected chi connectivity index (χ1v) is 8.39. The Morgan fingerprint density at radius 1 is 1.45 bits per heavy atom. The number of hydrogen-bond acceptors (Lipinski definition) is 5. The minimum absolute atomic E-state index is 0.0561. The Labute approximate surface area is 129 Å². The van der Waals surface area contributed by atoms with Gasteiger partial charge in [-0.1, -0.05) is 0 Å². The SMILES string of the molecule is Cc1cn[nH]c1[C@@]1(C)CN(S(=O)(=O)c2cn(C)cn2)CCO1. The van der Waals surface area contributed by atoms with Crippen LogP contribution in [0.1, 0.15) is 18.2 Å². The van der Waals surface area contributed by atoms with E-state index in [-0.39, 0.29) is 11.6 Å². The molecule has 0 amide bonds. The summed E-state index contributed by atoms with van der Waals surface area (Å²) in [6.07, 6.45) is 4.69. The maximum atomic E-state index is 12.7. The third-order valence-corrected chi connectivity index (χ3v) is 5.61. The number of aromatic amines is 1. The molecule has 0 spiro atoms. The van der Waals surface area contributed by atoms with Gasteiger partial charge in [-0.25, -0.2) is 13.4 Å². The zero-order valence-corrected chi connectivity index (χ0v) is 13.6. The van der Waals surface area contributed by atoms with Crippen LogP contribution in [-0.2, 0) is 27.4 Å². The number of aromatic nitrogens is 4.